The molecule has 1 aliphatic heterocycles. The second-order valence-electron chi connectivity index (χ2n) is 5.82. The Labute approximate surface area is 120 Å². The van der Waals surface area contributed by atoms with Crippen LogP contribution in [0.3, 0.4) is 0 Å². The number of carbonyl (C=O) groups is 2. The summed E-state index contributed by atoms with van der Waals surface area (Å²) in [6.45, 7) is 8.93. The third kappa shape index (κ3) is 5.00. The second kappa shape index (κ2) is 7.47. The highest BCUT2D eigenvalue weighted by molar-refractivity contribution is 5.83. The number of methoxy groups -OCH3 is 1. The Bertz CT molecular complexity index is 336. The Morgan fingerprint density at radius 1 is 1.30 bits per heavy atom. The highest BCUT2D eigenvalue weighted by Crippen LogP contribution is 2.12. The minimum absolute atomic E-state index is 0.00572. The van der Waals surface area contributed by atoms with Gasteiger partial charge < -0.3 is 19.7 Å². The summed E-state index contributed by atoms with van der Waals surface area (Å²) in [5, 5.41) is 2.77. The molecule has 116 valence electrons. The average molecular weight is 286 g/mol. The van der Waals surface area contributed by atoms with Gasteiger partial charge in [0.05, 0.1) is 19.3 Å². The monoisotopic (exact) mass is 286 g/mol. The van der Waals surface area contributed by atoms with Crippen LogP contribution in [0.25, 0.3) is 0 Å². The van der Waals surface area contributed by atoms with Crippen LogP contribution in [-0.4, -0.2) is 55.3 Å². The molecule has 0 aliphatic carbocycles. The summed E-state index contributed by atoms with van der Waals surface area (Å²) in [5.74, 6) is -0.108. The van der Waals surface area contributed by atoms with E-state index in [9.17, 15) is 9.59 Å². The Hall–Kier alpha value is -1.30. The molecular formula is C14H26N2O4. The standard InChI is InChI=1S/C14H26N2O4/c1-9(2)6-12(13(17)19-5)15-14(18)16-7-10(3)20-11(4)8-16/h9-12H,6-8H2,1-5H3,(H,15,18). The highest BCUT2D eigenvalue weighted by atomic mass is 16.5. The summed E-state index contributed by atoms with van der Waals surface area (Å²) in [5.41, 5.74) is 0. The van der Waals surface area contributed by atoms with Gasteiger partial charge in [-0.15, -0.1) is 0 Å². The molecule has 0 spiro atoms. The molecule has 1 heterocycles. The molecule has 6 heteroatoms. The van der Waals surface area contributed by atoms with Crippen molar-refractivity contribution in [2.75, 3.05) is 20.2 Å². The first-order valence-electron chi connectivity index (χ1n) is 7.12. The van der Waals surface area contributed by atoms with E-state index in [4.69, 9.17) is 9.47 Å². The lowest BCUT2D eigenvalue weighted by Crippen LogP contribution is -2.55. The minimum atomic E-state index is -0.596. The number of rotatable bonds is 4. The molecule has 1 aliphatic rings. The van der Waals surface area contributed by atoms with Gasteiger partial charge in [-0.3, -0.25) is 0 Å². The van der Waals surface area contributed by atoms with Crippen LogP contribution in [0.15, 0.2) is 0 Å². The number of hydrogen-bond donors (Lipinski definition) is 1. The van der Waals surface area contributed by atoms with Crippen LogP contribution in [0.4, 0.5) is 4.79 Å². The van der Waals surface area contributed by atoms with Crippen molar-refractivity contribution in [1.82, 2.24) is 10.2 Å². The van der Waals surface area contributed by atoms with Crippen molar-refractivity contribution in [2.24, 2.45) is 5.92 Å². The van der Waals surface area contributed by atoms with Crippen molar-refractivity contribution in [3.63, 3.8) is 0 Å². The Morgan fingerprint density at radius 2 is 1.85 bits per heavy atom. The van der Waals surface area contributed by atoms with Crippen LogP contribution in [0.5, 0.6) is 0 Å². The molecule has 3 unspecified atom stereocenters. The van der Waals surface area contributed by atoms with E-state index in [1.54, 1.807) is 4.90 Å². The van der Waals surface area contributed by atoms with E-state index < -0.39 is 12.0 Å². The van der Waals surface area contributed by atoms with E-state index in [0.717, 1.165) is 0 Å². The van der Waals surface area contributed by atoms with Crippen molar-refractivity contribution in [1.29, 1.82) is 0 Å². The van der Waals surface area contributed by atoms with Gasteiger partial charge in [0.25, 0.3) is 0 Å². The molecule has 0 aromatic heterocycles. The molecule has 3 atom stereocenters. The van der Waals surface area contributed by atoms with E-state index in [-0.39, 0.29) is 18.2 Å². The topological polar surface area (TPSA) is 67.9 Å². The fourth-order valence-electron chi connectivity index (χ4n) is 2.41. The predicted molar refractivity (Wildman–Crippen MR) is 75.4 cm³/mol. The summed E-state index contributed by atoms with van der Waals surface area (Å²) in [6, 6.07) is -0.830. The van der Waals surface area contributed by atoms with Gasteiger partial charge in [-0.2, -0.15) is 0 Å². The molecule has 0 aromatic carbocycles. The van der Waals surface area contributed by atoms with Gasteiger partial charge >= 0.3 is 12.0 Å². The number of ether oxygens (including phenoxy) is 2. The maximum absolute atomic E-state index is 12.3. The zero-order chi connectivity index (χ0) is 15.3. The van der Waals surface area contributed by atoms with Gasteiger partial charge in [0.15, 0.2) is 0 Å². The lowest BCUT2D eigenvalue weighted by Gasteiger charge is -2.36. The minimum Gasteiger partial charge on any atom is -0.467 e. The maximum atomic E-state index is 12.3. The molecular weight excluding hydrogens is 260 g/mol. The normalized spacial score (nSPS) is 24.4. The molecule has 1 N–H and O–H groups in total. The Kier molecular flexibility index (Phi) is 6.26. The van der Waals surface area contributed by atoms with Gasteiger partial charge in [0, 0.05) is 13.1 Å². The van der Waals surface area contributed by atoms with E-state index in [1.165, 1.54) is 7.11 Å². The summed E-state index contributed by atoms with van der Waals surface area (Å²) in [6.07, 6.45) is 0.575. The van der Waals surface area contributed by atoms with Crippen LogP contribution < -0.4 is 5.32 Å². The third-order valence-electron chi connectivity index (χ3n) is 3.20. The molecule has 20 heavy (non-hydrogen) atoms. The van der Waals surface area contributed by atoms with E-state index in [0.29, 0.717) is 25.4 Å². The fourth-order valence-corrected chi connectivity index (χ4v) is 2.41. The second-order valence-corrected chi connectivity index (χ2v) is 5.82. The van der Waals surface area contributed by atoms with Crippen LogP contribution in [0.1, 0.15) is 34.1 Å². The van der Waals surface area contributed by atoms with Crippen LogP contribution in [0.2, 0.25) is 0 Å². The Morgan fingerprint density at radius 3 is 2.30 bits per heavy atom. The first-order valence-corrected chi connectivity index (χ1v) is 7.12. The van der Waals surface area contributed by atoms with Crippen molar-refractivity contribution in [3.05, 3.63) is 0 Å². The quantitative estimate of drug-likeness (QED) is 0.793. The number of nitrogens with zero attached hydrogens (tertiary/aromatic N) is 1. The number of carbonyl (C=O) groups excluding carboxylic acids is 2. The summed E-state index contributed by atoms with van der Waals surface area (Å²) in [4.78, 5) is 25.7. The zero-order valence-electron chi connectivity index (χ0n) is 13.0. The van der Waals surface area contributed by atoms with Gasteiger partial charge in [0.1, 0.15) is 6.04 Å². The van der Waals surface area contributed by atoms with Crippen molar-refractivity contribution in [2.45, 2.75) is 52.4 Å². The molecule has 0 radical (unpaired) electrons. The van der Waals surface area contributed by atoms with Crippen LogP contribution in [0, 0.1) is 5.92 Å². The van der Waals surface area contributed by atoms with E-state index in [2.05, 4.69) is 5.32 Å². The summed E-state index contributed by atoms with van der Waals surface area (Å²) in [7, 11) is 1.33. The largest absolute Gasteiger partial charge is 0.467 e. The van der Waals surface area contributed by atoms with Gasteiger partial charge in [0.2, 0.25) is 0 Å². The molecule has 1 fully saturated rings. The lowest BCUT2D eigenvalue weighted by molar-refractivity contribution is -0.143. The molecule has 0 saturated carbocycles. The number of nitrogens with one attached hydrogen (secondary N) is 1. The highest BCUT2D eigenvalue weighted by Gasteiger charge is 2.29. The number of esters is 1. The number of hydrogen-bond acceptors (Lipinski definition) is 4. The number of morpholine rings is 1. The average Bonchev–Trinajstić information content (AvgIpc) is 2.35. The molecule has 6 nitrogen and oxygen atoms in total. The summed E-state index contributed by atoms with van der Waals surface area (Å²) < 4.78 is 10.3. The molecule has 1 saturated heterocycles. The van der Waals surface area contributed by atoms with Crippen molar-refractivity contribution in [3.8, 4) is 0 Å². The zero-order valence-corrected chi connectivity index (χ0v) is 13.0. The fraction of sp³-hybridized carbons (Fsp3) is 0.857. The number of urea groups is 1. The number of amides is 2. The lowest BCUT2D eigenvalue weighted by atomic mass is 10.0. The van der Waals surface area contributed by atoms with Gasteiger partial charge in [-0.25, -0.2) is 9.59 Å². The molecule has 1 rings (SSSR count). The maximum Gasteiger partial charge on any atom is 0.328 e. The first kappa shape index (κ1) is 16.8. The molecule has 0 bridgehead atoms. The molecule has 0 aromatic rings. The SMILES string of the molecule is COC(=O)C(CC(C)C)NC(=O)N1CC(C)OC(C)C1. The predicted octanol–water partition coefficient (Wildman–Crippen LogP) is 1.39. The summed E-state index contributed by atoms with van der Waals surface area (Å²) >= 11 is 0. The smallest absolute Gasteiger partial charge is 0.328 e. The first-order chi connectivity index (χ1) is 9.33. The van der Waals surface area contributed by atoms with E-state index in [1.807, 2.05) is 27.7 Å². The molecule has 2 amide bonds. The van der Waals surface area contributed by atoms with Crippen molar-refractivity contribution < 1.29 is 19.1 Å². The van der Waals surface area contributed by atoms with Gasteiger partial charge in [-0.05, 0) is 26.2 Å². The Balaban J connectivity index is 2.62. The third-order valence-corrected chi connectivity index (χ3v) is 3.20. The van der Waals surface area contributed by atoms with Crippen LogP contribution >= 0.6 is 0 Å². The van der Waals surface area contributed by atoms with E-state index >= 15 is 0 Å². The van der Waals surface area contributed by atoms with Gasteiger partial charge in [-0.1, -0.05) is 13.8 Å². The van der Waals surface area contributed by atoms with Crippen LogP contribution in [-0.2, 0) is 14.3 Å². The van der Waals surface area contributed by atoms with Crippen molar-refractivity contribution >= 4 is 12.0 Å².